The molecule has 0 aliphatic carbocycles. The van der Waals surface area contributed by atoms with Crippen molar-refractivity contribution < 1.29 is 9.53 Å². The number of thioether (sulfide) groups is 1. The predicted octanol–water partition coefficient (Wildman–Crippen LogP) is 2.47. The Bertz CT molecular complexity index is 126. The first kappa shape index (κ1) is 11.8. The van der Waals surface area contributed by atoms with Gasteiger partial charge < -0.3 is 4.74 Å². The van der Waals surface area contributed by atoms with Gasteiger partial charge in [-0.15, -0.1) is 0 Å². The van der Waals surface area contributed by atoms with Gasteiger partial charge in [0.05, 0.1) is 6.61 Å². The number of carbonyl (C=O) groups excluding carboxylic acids is 1. The molecule has 1 atom stereocenters. The van der Waals surface area contributed by atoms with Crippen LogP contribution in [0.2, 0.25) is 0 Å². The van der Waals surface area contributed by atoms with Crippen LogP contribution in [0.3, 0.4) is 0 Å². The molecule has 0 unspecified atom stereocenters. The maximum absolute atomic E-state index is 10.4. The van der Waals surface area contributed by atoms with Crippen LogP contribution in [0.15, 0.2) is 0 Å². The number of esters is 1. The standard InChI is InChI=1S/C9H18O2S/c1-4-5-9(12-3)6-7-11-8(2)10/h9H,4-7H2,1-3H3/t9-/m0/s1. The van der Waals surface area contributed by atoms with E-state index in [1.54, 1.807) is 0 Å². The molecule has 0 radical (unpaired) electrons. The van der Waals surface area contributed by atoms with Gasteiger partial charge >= 0.3 is 5.97 Å². The van der Waals surface area contributed by atoms with Crippen LogP contribution in [0.4, 0.5) is 0 Å². The lowest BCUT2D eigenvalue weighted by molar-refractivity contribution is -0.141. The van der Waals surface area contributed by atoms with Crippen LogP contribution in [0.5, 0.6) is 0 Å². The molecular formula is C9H18O2S. The van der Waals surface area contributed by atoms with Crippen LogP contribution in [0.25, 0.3) is 0 Å². The Morgan fingerprint density at radius 2 is 2.17 bits per heavy atom. The van der Waals surface area contributed by atoms with Crippen molar-refractivity contribution in [1.29, 1.82) is 0 Å². The van der Waals surface area contributed by atoms with E-state index < -0.39 is 0 Å². The lowest BCUT2D eigenvalue weighted by atomic mass is 10.2. The fourth-order valence-corrected chi connectivity index (χ4v) is 1.84. The summed E-state index contributed by atoms with van der Waals surface area (Å²) in [5.41, 5.74) is 0. The zero-order valence-electron chi connectivity index (χ0n) is 8.13. The van der Waals surface area contributed by atoms with Crippen molar-refractivity contribution in [3.8, 4) is 0 Å². The molecule has 0 aromatic heterocycles. The Balaban J connectivity index is 3.37. The summed E-state index contributed by atoms with van der Waals surface area (Å²) in [6, 6.07) is 0. The number of ether oxygens (including phenoxy) is 1. The van der Waals surface area contributed by atoms with Crippen molar-refractivity contribution in [3.05, 3.63) is 0 Å². The van der Waals surface area contributed by atoms with E-state index in [9.17, 15) is 4.79 Å². The van der Waals surface area contributed by atoms with Gasteiger partial charge in [0.25, 0.3) is 0 Å². The monoisotopic (exact) mass is 190 g/mol. The maximum atomic E-state index is 10.4. The van der Waals surface area contributed by atoms with E-state index >= 15 is 0 Å². The van der Waals surface area contributed by atoms with E-state index in [4.69, 9.17) is 4.74 Å². The van der Waals surface area contributed by atoms with E-state index in [0.29, 0.717) is 11.9 Å². The highest BCUT2D eigenvalue weighted by Crippen LogP contribution is 2.16. The van der Waals surface area contributed by atoms with Crippen molar-refractivity contribution >= 4 is 17.7 Å². The van der Waals surface area contributed by atoms with E-state index in [-0.39, 0.29) is 5.97 Å². The summed E-state index contributed by atoms with van der Waals surface area (Å²) in [5.74, 6) is -0.175. The normalized spacial score (nSPS) is 12.6. The zero-order valence-corrected chi connectivity index (χ0v) is 8.95. The first-order chi connectivity index (χ1) is 5.70. The number of hydrogen-bond acceptors (Lipinski definition) is 3. The third-order valence-corrected chi connectivity index (χ3v) is 2.83. The Morgan fingerprint density at radius 3 is 2.58 bits per heavy atom. The van der Waals surface area contributed by atoms with Crippen LogP contribution in [-0.2, 0) is 9.53 Å². The molecule has 0 saturated carbocycles. The number of hydrogen-bond donors (Lipinski definition) is 0. The number of carbonyl (C=O) groups is 1. The molecule has 12 heavy (non-hydrogen) atoms. The fraction of sp³-hybridized carbons (Fsp3) is 0.889. The van der Waals surface area contributed by atoms with E-state index in [1.807, 2.05) is 11.8 Å². The third-order valence-electron chi connectivity index (χ3n) is 1.69. The Hall–Kier alpha value is -0.180. The predicted molar refractivity (Wildman–Crippen MR) is 53.5 cm³/mol. The summed E-state index contributed by atoms with van der Waals surface area (Å²) in [7, 11) is 0. The summed E-state index contributed by atoms with van der Waals surface area (Å²) in [6.45, 7) is 4.20. The minimum atomic E-state index is -0.175. The van der Waals surface area contributed by atoms with Gasteiger partial charge in [-0.25, -0.2) is 0 Å². The van der Waals surface area contributed by atoms with Gasteiger partial charge in [-0.05, 0) is 19.1 Å². The lowest BCUT2D eigenvalue weighted by Gasteiger charge is -2.12. The molecule has 0 aliphatic rings. The van der Waals surface area contributed by atoms with Gasteiger partial charge in [0.1, 0.15) is 0 Å². The summed E-state index contributed by atoms with van der Waals surface area (Å²) in [4.78, 5) is 10.4. The van der Waals surface area contributed by atoms with E-state index in [0.717, 1.165) is 6.42 Å². The molecule has 0 rings (SSSR count). The van der Waals surface area contributed by atoms with Gasteiger partial charge in [0, 0.05) is 12.2 Å². The Labute approximate surface area is 79.1 Å². The van der Waals surface area contributed by atoms with Crippen LogP contribution in [-0.4, -0.2) is 24.1 Å². The average molecular weight is 190 g/mol. The van der Waals surface area contributed by atoms with Crippen molar-refractivity contribution in [2.75, 3.05) is 12.9 Å². The second-order valence-corrected chi connectivity index (χ2v) is 3.91. The molecular weight excluding hydrogens is 172 g/mol. The second-order valence-electron chi connectivity index (χ2n) is 2.78. The van der Waals surface area contributed by atoms with Gasteiger partial charge in [0.15, 0.2) is 0 Å². The smallest absolute Gasteiger partial charge is 0.302 e. The van der Waals surface area contributed by atoms with Crippen LogP contribution >= 0.6 is 11.8 Å². The SMILES string of the molecule is CCC[C@@H](CCOC(C)=O)SC. The third kappa shape index (κ3) is 6.53. The van der Waals surface area contributed by atoms with Crippen molar-refractivity contribution in [2.24, 2.45) is 0 Å². The number of rotatable bonds is 6. The van der Waals surface area contributed by atoms with Crippen LogP contribution in [0, 0.1) is 0 Å². The largest absolute Gasteiger partial charge is 0.466 e. The fourth-order valence-electron chi connectivity index (χ4n) is 1.04. The molecule has 3 heteroatoms. The van der Waals surface area contributed by atoms with Crippen molar-refractivity contribution in [2.45, 2.75) is 38.4 Å². The minimum absolute atomic E-state index is 0.175. The average Bonchev–Trinajstić information content (AvgIpc) is 2.02. The quantitative estimate of drug-likeness (QED) is 0.602. The van der Waals surface area contributed by atoms with Crippen molar-refractivity contribution in [3.63, 3.8) is 0 Å². The Morgan fingerprint density at radius 1 is 1.50 bits per heavy atom. The van der Waals surface area contributed by atoms with Crippen LogP contribution in [0.1, 0.15) is 33.1 Å². The molecule has 72 valence electrons. The van der Waals surface area contributed by atoms with Crippen molar-refractivity contribution in [1.82, 2.24) is 0 Å². The molecule has 0 saturated heterocycles. The molecule has 0 aromatic rings. The first-order valence-electron chi connectivity index (χ1n) is 4.36. The Kier molecular flexibility index (Phi) is 7.36. The summed E-state index contributed by atoms with van der Waals surface area (Å²) in [5, 5.41) is 0.648. The highest BCUT2D eigenvalue weighted by Gasteiger charge is 2.05. The highest BCUT2D eigenvalue weighted by molar-refractivity contribution is 7.99. The van der Waals surface area contributed by atoms with Gasteiger partial charge in [0.2, 0.25) is 0 Å². The highest BCUT2D eigenvalue weighted by atomic mass is 32.2. The van der Waals surface area contributed by atoms with Gasteiger partial charge in [-0.1, -0.05) is 13.3 Å². The topological polar surface area (TPSA) is 26.3 Å². The lowest BCUT2D eigenvalue weighted by Crippen LogP contribution is -2.08. The molecule has 0 heterocycles. The van der Waals surface area contributed by atoms with Gasteiger partial charge in [-0.2, -0.15) is 11.8 Å². The molecule has 0 aromatic carbocycles. The second kappa shape index (κ2) is 7.47. The molecule has 0 N–H and O–H groups in total. The molecule has 0 amide bonds. The molecule has 0 fully saturated rings. The summed E-state index contributed by atoms with van der Waals surface area (Å²) < 4.78 is 4.87. The summed E-state index contributed by atoms with van der Waals surface area (Å²) >= 11 is 1.85. The maximum Gasteiger partial charge on any atom is 0.302 e. The van der Waals surface area contributed by atoms with E-state index in [2.05, 4.69) is 13.2 Å². The summed E-state index contributed by atoms with van der Waals surface area (Å²) in [6.07, 6.45) is 5.50. The molecule has 0 spiro atoms. The first-order valence-corrected chi connectivity index (χ1v) is 5.65. The minimum Gasteiger partial charge on any atom is -0.466 e. The molecule has 0 bridgehead atoms. The molecule has 2 nitrogen and oxygen atoms in total. The molecule has 0 aliphatic heterocycles. The zero-order chi connectivity index (χ0) is 9.40. The van der Waals surface area contributed by atoms with Gasteiger partial charge in [-0.3, -0.25) is 4.79 Å². The van der Waals surface area contributed by atoms with Crippen LogP contribution < -0.4 is 0 Å². The van der Waals surface area contributed by atoms with E-state index in [1.165, 1.54) is 19.8 Å².